The highest BCUT2D eigenvalue weighted by atomic mass is 35.5. The van der Waals surface area contributed by atoms with Crippen LogP contribution in [0.1, 0.15) is 31.3 Å². The van der Waals surface area contributed by atoms with E-state index in [4.69, 9.17) is 22.3 Å². The third kappa shape index (κ3) is 2.49. The van der Waals surface area contributed by atoms with E-state index in [0.29, 0.717) is 6.42 Å². The van der Waals surface area contributed by atoms with Crippen LogP contribution in [0.15, 0.2) is 42.5 Å². The highest BCUT2D eigenvalue weighted by Crippen LogP contribution is 2.29. The summed E-state index contributed by atoms with van der Waals surface area (Å²) in [6.45, 7) is 4.28. The minimum absolute atomic E-state index is 0.287. The van der Waals surface area contributed by atoms with E-state index in [2.05, 4.69) is 18.4 Å². The zero-order chi connectivity index (χ0) is 15.0. The quantitative estimate of drug-likeness (QED) is 0.726. The van der Waals surface area contributed by atoms with E-state index in [0.717, 1.165) is 33.1 Å². The lowest BCUT2D eigenvalue weighted by Crippen LogP contribution is -2.08. The molecule has 0 aliphatic carbocycles. The summed E-state index contributed by atoms with van der Waals surface area (Å²) < 4.78 is 2.20. The summed E-state index contributed by atoms with van der Waals surface area (Å²) in [6, 6.07) is 14.0. The lowest BCUT2D eigenvalue weighted by atomic mass is 10.1. The van der Waals surface area contributed by atoms with Gasteiger partial charge in [-0.05, 0) is 37.6 Å². The van der Waals surface area contributed by atoms with Gasteiger partial charge in [0.25, 0.3) is 0 Å². The molecular formula is C17H18ClN3. The van der Waals surface area contributed by atoms with Crippen LogP contribution in [-0.4, -0.2) is 9.55 Å². The predicted molar refractivity (Wildman–Crippen MR) is 88.8 cm³/mol. The van der Waals surface area contributed by atoms with Crippen LogP contribution in [0.25, 0.3) is 11.0 Å². The van der Waals surface area contributed by atoms with Crippen molar-refractivity contribution in [2.45, 2.75) is 26.3 Å². The molecule has 0 atom stereocenters. The summed E-state index contributed by atoms with van der Waals surface area (Å²) in [7, 11) is 0. The third-order valence-electron chi connectivity index (χ3n) is 3.65. The molecule has 4 heteroatoms. The second-order valence-electron chi connectivity index (χ2n) is 5.47. The summed E-state index contributed by atoms with van der Waals surface area (Å²) in [5.41, 5.74) is 9.87. The molecule has 0 saturated carbocycles. The van der Waals surface area contributed by atoms with Gasteiger partial charge >= 0.3 is 0 Å². The average Bonchev–Trinajstić information content (AvgIpc) is 2.81. The molecule has 2 aromatic carbocycles. The van der Waals surface area contributed by atoms with Gasteiger partial charge in [0.1, 0.15) is 5.82 Å². The molecule has 0 fully saturated rings. The number of hydrogen-bond donors (Lipinski definition) is 1. The van der Waals surface area contributed by atoms with Crippen LogP contribution >= 0.6 is 11.6 Å². The van der Waals surface area contributed by atoms with Gasteiger partial charge < -0.3 is 10.3 Å². The monoisotopic (exact) mass is 299 g/mol. The highest BCUT2D eigenvalue weighted by Gasteiger charge is 2.16. The Kier molecular flexibility index (Phi) is 3.60. The Morgan fingerprint density at radius 1 is 1.14 bits per heavy atom. The zero-order valence-electron chi connectivity index (χ0n) is 12.2. The second-order valence-corrected chi connectivity index (χ2v) is 5.88. The largest absolute Gasteiger partial charge is 0.398 e. The highest BCUT2D eigenvalue weighted by molar-refractivity contribution is 6.35. The molecular weight excluding hydrogens is 282 g/mol. The molecule has 0 bridgehead atoms. The number of nitrogen functional groups attached to an aromatic ring is 1. The first kappa shape index (κ1) is 14.0. The first-order valence-electron chi connectivity index (χ1n) is 7.06. The Bertz CT molecular complexity index is 790. The molecule has 1 heterocycles. The summed E-state index contributed by atoms with van der Waals surface area (Å²) in [5.74, 6) is 0.992. The van der Waals surface area contributed by atoms with Crippen LogP contribution in [0, 0.1) is 0 Å². The van der Waals surface area contributed by atoms with Gasteiger partial charge in [0.2, 0.25) is 0 Å². The number of nitrogens with zero attached hydrogens (tertiary/aromatic N) is 2. The maximum atomic E-state index is 6.37. The third-order valence-corrected chi connectivity index (χ3v) is 3.96. The summed E-state index contributed by atoms with van der Waals surface area (Å²) in [6.07, 6.45) is 0.704. The van der Waals surface area contributed by atoms with E-state index >= 15 is 0 Å². The van der Waals surface area contributed by atoms with Crippen LogP contribution in [-0.2, 0) is 6.42 Å². The fraction of sp³-hybridized carbons (Fsp3) is 0.235. The molecule has 3 nitrogen and oxygen atoms in total. The normalized spacial score (nSPS) is 11.4. The lowest BCUT2D eigenvalue weighted by molar-refractivity contribution is 0.591. The maximum Gasteiger partial charge on any atom is 0.114 e. The van der Waals surface area contributed by atoms with Crippen molar-refractivity contribution in [3.05, 3.63) is 58.9 Å². The number of halogens is 1. The van der Waals surface area contributed by atoms with Crippen molar-refractivity contribution in [3.63, 3.8) is 0 Å². The molecule has 0 aliphatic rings. The Hall–Kier alpha value is -2.00. The minimum atomic E-state index is 0.287. The number of nitrogens with two attached hydrogens (primary N) is 1. The summed E-state index contributed by atoms with van der Waals surface area (Å²) in [5, 5.41) is 0.737. The molecule has 0 saturated heterocycles. The van der Waals surface area contributed by atoms with Gasteiger partial charge in [-0.15, -0.1) is 0 Å². The lowest BCUT2D eigenvalue weighted by Gasteiger charge is -2.14. The number of anilines is 1. The van der Waals surface area contributed by atoms with Crippen LogP contribution in [0.3, 0.4) is 0 Å². The van der Waals surface area contributed by atoms with Crippen molar-refractivity contribution in [2.24, 2.45) is 0 Å². The first-order valence-corrected chi connectivity index (χ1v) is 7.44. The fourth-order valence-electron chi connectivity index (χ4n) is 2.70. The molecule has 3 rings (SSSR count). The first-order chi connectivity index (χ1) is 10.1. The van der Waals surface area contributed by atoms with Gasteiger partial charge in [0.05, 0.1) is 16.1 Å². The number of imidazole rings is 1. The Morgan fingerprint density at radius 2 is 1.90 bits per heavy atom. The van der Waals surface area contributed by atoms with Gasteiger partial charge in [-0.3, -0.25) is 0 Å². The Labute approximate surface area is 129 Å². The molecule has 2 N–H and O–H groups in total. The minimum Gasteiger partial charge on any atom is -0.398 e. The Balaban J connectivity index is 2.17. The van der Waals surface area contributed by atoms with Gasteiger partial charge in [0, 0.05) is 18.2 Å². The van der Waals surface area contributed by atoms with E-state index in [-0.39, 0.29) is 6.04 Å². The topological polar surface area (TPSA) is 43.8 Å². The van der Waals surface area contributed by atoms with E-state index in [1.807, 2.05) is 42.5 Å². The van der Waals surface area contributed by atoms with Crippen molar-refractivity contribution in [1.29, 1.82) is 0 Å². The second kappa shape index (κ2) is 5.41. The molecule has 0 amide bonds. The molecule has 3 aromatic rings. The van der Waals surface area contributed by atoms with E-state index in [9.17, 15) is 0 Å². The van der Waals surface area contributed by atoms with Crippen molar-refractivity contribution >= 4 is 28.3 Å². The standard InChI is InChI=1S/C17H18ClN3/c1-11(2)21-16(10-12-6-3-4-8-14(12)19)20-15-9-5-7-13(18)17(15)21/h3-9,11H,10,19H2,1-2H3. The van der Waals surface area contributed by atoms with Crippen molar-refractivity contribution < 1.29 is 0 Å². The molecule has 21 heavy (non-hydrogen) atoms. The van der Waals surface area contributed by atoms with Crippen LogP contribution in [0.5, 0.6) is 0 Å². The van der Waals surface area contributed by atoms with Gasteiger partial charge in [-0.25, -0.2) is 4.98 Å². The fourth-order valence-corrected chi connectivity index (χ4v) is 2.96. The van der Waals surface area contributed by atoms with Crippen LogP contribution in [0.2, 0.25) is 5.02 Å². The number of aromatic nitrogens is 2. The number of hydrogen-bond acceptors (Lipinski definition) is 2. The molecule has 1 aromatic heterocycles. The SMILES string of the molecule is CC(C)n1c(Cc2ccccc2N)nc2cccc(Cl)c21. The van der Waals surface area contributed by atoms with Gasteiger partial charge in [-0.1, -0.05) is 35.9 Å². The van der Waals surface area contributed by atoms with E-state index in [1.165, 1.54) is 0 Å². The Morgan fingerprint density at radius 3 is 2.62 bits per heavy atom. The molecule has 0 aliphatic heterocycles. The van der Waals surface area contributed by atoms with Gasteiger partial charge in [-0.2, -0.15) is 0 Å². The van der Waals surface area contributed by atoms with E-state index < -0.39 is 0 Å². The molecule has 0 unspecified atom stereocenters. The van der Waals surface area contributed by atoms with Crippen molar-refractivity contribution in [1.82, 2.24) is 9.55 Å². The van der Waals surface area contributed by atoms with Crippen LogP contribution in [0.4, 0.5) is 5.69 Å². The zero-order valence-corrected chi connectivity index (χ0v) is 12.9. The number of para-hydroxylation sites is 2. The number of rotatable bonds is 3. The smallest absolute Gasteiger partial charge is 0.114 e. The predicted octanol–water partition coefficient (Wildman–Crippen LogP) is 4.44. The van der Waals surface area contributed by atoms with Crippen LogP contribution < -0.4 is 5.73 Å². The maximum absolute atomic E-state index is 6.37. The molecule has 0 spiro atoms. The van der Waals surface area contributed by atoms with E-state index in [1.54, 1.807) is 0 Å². The number of fused-ring (bicyclic) bond motifs is 1. The van der Waals surface area contributed by atoms with Crippen molar-refractivity contribution in [3.8, 4) is 0 Å². The molecule has 0 radical (unpaired) electrons. The van der Waals surface area contributed by atoms with Gasteiger partial charge in [0.15, 0.2) is 0 Å². The number of benzene rings is 2. The average molecular weight is 300 g/mol. The summed E-state index contributed by atoms with van der Waals surface area (Å²) >= 11 is 6.37. The molecule has 108 valence electrons. The summed E-state index contributed by atoms with van der Waals surface area (Å²) in [4.78, 5) is 4.75. The van der Waals surface area contributed by atoms with Crippen molar-refractivity contribution in [2.75, 3.05) is 5.73 Å².